The SMILES string of the molecule is O=C(NC1(CO)CCC1)c1ccc(I)cc1. The summed E-state index contributed by atoms with van der Waals surface area (Å²) in [7, 11) is 0. The Morgan fingerprint density at radius 3 is 2.44 bits per heavy atom. The van der Waals surface area contributed by atoms with Crippen LogP contribution in [0, 0.1) is 3.57 Å². The fourth-order valence-corrected chi connectivity index (χ4v) is 2.20. The summed E-state index contributed by atoms with van der Waals surface area (Å²) in [5.41, 5.74) is 0.292. The van der Waals surface area contributed by atoms with Crippen LogP contribution in [0.15, 0.2) is 24.3 Å². The molecule has 1 aliphatic rings. The van der Waals surface area contributed by atoms with E-state index in [1.54, 1.807) is 12.1 Å². The highest BCUT2D eigenvalue weighted by Crippen LogP contribution is 2.31. The van der Waals surface area contributed by atoms with Crippen molar-refractivity contribution in [2.75, 3.05) is 6.61 Å². The number of benzene rings is 1. The summed E-state index contributed by atoms with van der Waals surface area (Å²) >= 11 is 2.20. The molecule has 1 aromatic carbocycles. The van der Waals surface area contributed by atoms with Crippen molar-refractivity contribution in [3.05, 3.63) is 33.4 Å². The molecule has 2 rings (SSSR count). The highest BCUT2D eigenvalue weighted by atomic mass is 127. The third-order valence-electron chi connectivity index (χ3n) is 3.10. The van der Waals surface area contributed by atoms with Crippen LogP contribution in [-0.4, -0.2) is 23.2 Å². The fraction of sp³-hybridized carbons (Fsp3) is 0.417. The van der Waals surface area contributed by atoms with Crippen molar-refractivity contribution < 1.29 is 9.90 Å². The third kappa shape index (κ3) is 2.38. The minimum atomic E-state index is -0.361. The molecule has 0 heterocycles. The molecule has 0 aliphatic heterocycles. The van der Waals surface area contributed by atoms with E-state index in [1.807, 2.05) is 12.1 Å². The van der Waals surface area contributed by atoms with Crippen LogP contribution in [0.2, 0.25) is 0 Å². The average Bonchev–Trinajstić information content (AvgIpc) is 2.24. The highest BCUT2D eigenvalue weighted by molar-refractivity contribution is 14.1. The van der Waals surface area contributed by atoms with E-state index >= 15 is 0 Å². The van der Waals surface area contributed by atoms with Crippen molar-refractivity contribution in [3.63, 3.8) is 0 Å². The van der Waals surface area contributed by atoms with E-state index in [0.717, 1.165) is 22.8 Å². The van der Waals surface area contributed by atoms with Crippen molar-refractivity contribution in [2.24, 2.45) is 0 Å². The van der Waals surface area contributed by atoms with Gasteiger partial charge < -0.3 is 10.4 Å². The van der Waals surface area contributed by atoms with Crippen molar-refractivity contribution >= 4 is 28.5 Å². The molecule has 4 heteroatoms. The first-order chi connectivity index (χ1) is 7.65. The maximum atomic E-state index is 11.9. The van der Waals surface area contributed by atoms with Gasteiger partial charge in [0.25, 0.3) is 5.91 Å². The van der Waals surface area contributed by atoms with E-state index in [1.165, 1.54) is 0 Å². The van der Waals surface area contributed by atoms with Gasteiger partial charge in [0.2, 0.25) is 0 Å². The summed E-state index contributed by atoms with van der Waals surface area (Å²) in [4.78, 5) is 11.9. The Kier molecular flexibility index (Phi) is 3.49. The smallest absolute Gasteiger partial charge is 0.251 e. The lowest BCUT2D eigenvalue weighted by molar-refractivity contribution is 0.0641. The molecule has 2 N–H and O–H groups in total. The minimum Gasteiger partial charge on any atom is -0.394 e. The van der Waals surface area contributed by atoms with E-state index in [0.29, 0.717) is 5.56 Å². The van der Waals surface area contributed by atoms with Gasteiger partial charge in [-0.15, -0.1) is 0 Å². The van der Waals surface area contributed by atoms with Crippen LogP contribution in [0.4, 0.5) is 0 Å². The molecule has 0 atom stereocenters. The molecule has 3 nitrogen and oxygen atoms in total. The summed E-state index contributed by atoms with van der Waals surface area (Å²) in [6, 6.07) is 7.42. The Morgan fingerprint density at radius 1 is 1.38 bits per heavy atom. The predicted octanol–water partition coefficient (Wildman–Crippen LogP) is 1.94. The van der Waals surface area contributed by atoms with Gasteiger partial charge in [0.15, 0.2) is 0 Å². The quantitative estimate of drug-likeness (QED) is 0.832. The van der Waals surface area contributed by atoms with Gasteiger partial charge in [-0.3, -0.25) is 4.79 Å². The van der Waals surface area contributed by atoms with Crippen molar-refractivity contribution in [1.29, 1.82) is 0 Å². The van der Waals surface area contributed by atoms with Gasteiger partial charge in [-0.05, 0) is 66.1 Å². The van der Waals surface area contributed by atoms with Crippen LogP contribution in [0.25, 0.3) is 0 Å². The van der Waals surface area contributed by atoms with E-state index in [2.05, 4.69) is 27.9 Å². The maximum Gasteiger partial charge on any atom is 0.251 e. The van der Waals surface area contributed by atoms with Crippen LogP contribution in [0.5, 0.6) is 0 Å². The maximum absolute atomic E-state index is 11.9. The second-order valence-electron chi connectivity index (χ2n) is 4.25. The molecule has 0 saturated heterocycles. The van der Waals surface area contributed by atoms with Crippen LogP contribution >= 0.6 is 22.6 Å². The molecule has 1 aromatic rings. The van der Waals surface area contributed by atoms with Gasteiger partial charge >= 0.3 is 0 Å². The number of aliphatic hydroxyl groups excluding tert-OH is 1. The number of hydrogen-bond acceptors (Lipinski definition) is 2. The summed E-state index contributed by atoms with van der Waals surface area (Å²) < 4.78 is 1.11. The zero-order chi connectivity index (χ0) is 11.6. The molecular weight excluding hydrogens is 317 g/mol. The first-order valence-corrected chi connectivity index (χ1v) is 6.42. The van der Waals surface area contributed by atoms with Crippen molar-refractivity contribution in [3.8, 4) is 0 Å². The number of nitrogens with one attached hydrogen (secondary N) is 1. The fourth-order valence-electron chi connectivity index (χ4n) is 1.84. The van der Waals surface area contributed by atoms with Gasteiger partial charge in [-0.2, -0.15) is 0 Å². The molecule has 1 aliphatic carbocycles. The topological polar surface area (TPSA) is 49.3 Å². The molecule has 86 valence electrons. The summed E-state index contributed by atoms with van der Waals surface area (Å²) in [6.45, 7) is 0.0309. The van der Waals surface area contributed by atoms with Gasteiger partial charge in [0, 0.05) is 9.13 Å². The lowest BCUT2D eigenvalue weighted by Gasteiger charge is -2.40. The molecule has 0 bridgehead atoms. The lowest BCUT2D eigenvalue weighted by atomic mass is 9.77. The van der Waals surface area contributed by atoms with Gasteiger partial charge in [-0.25, -0.2) is 0 Å². The van der Waals surface area contributed by atoms with Crippen LogP contribution < -0.4 is 5.32 Å². The highest BCUT2D eigenvalue weighted by Gasteiger charge is 2.37. The van der Waals surface area contributed by atoms with Gasteiger partial charge in [-0.1, -0.05) is 0 Å². The first-order valence-electron chi connectivity index (χ1n) is 5.34. The Labute approximate surface area is 108 Å². The number of amides is 1. The number of carbonyl (C=O) groups excluding carboxylic acids is 1. The van der Waals surface area contributed by atoms with E-state index in [9.17, 15) is 9.90 Å². The second-order valence-corrected chi connectivity index (χ2v) is 5.50. The molecular formula is C12H14INO2. The monoisotopic (exact) mass is 331 g/mol. The Balaban J connectivity index is 2.05. The van der Waals surface area contributed by atoms with Gasteiger partial charge in [0.05, 0.1) is 12.1 Å². The largest absolute Gasteiger partial charge is 0.394 e. The minimum absolute atomic E-state index is 0.0309. The van der Waals surface area contributed by atoms with Crippen molar-refractivity contribution in [2.45, 2.75) is 24.8 Å². The third-order valence-corrected chi connectivity index (χ3v) is 3.82. The zero-order valence-electron chi connectivity index (χ0n) is 8.87. The molecule has 16 heavy (non-hydrogen) atoms. The van der Waals surface area contributed by atoms with Crippen molar-refractivity contribution in [1.82, 2.24) is 5.32 Å². The second kappa shape index (κ2) is 4.71. The summed E-state index contributed by atoms with van der Waals surface area (Å²) in [6.07, 6.45) is 2.83. The van der Waals surface area contributed by atoms with E-state index in [-0.39, 0.29) is 18.1 Å². The molecule has 0 unspecified atom stereocenters. The standard InChI is InChI=1S/C12H14INO2/c13-10-4-2-9(3-5-10)11(16)14-12(8-15)6-1-7-12/h2-5,15H,1,6-8H2,(H,14,16). The summed E-state index contributed by atoms with van der Waals surface area (Å²) in [5.74, 6) is -0.0925. The zero-order valence-corrected chi connectivity index (χ0v) is 11.0. The normalized spacial score (nSPS) is 17.6. The van der Waals surface area contributed by atoms with E-state index in [4.69, 9.17) is 0 Å². The number of aliphatic hydroxyl groups is 1. The average molecular weight is 331 g/mol. The van der Waals surface area contributed by atoms with Crippen LogP contribution in [0.3, 0.4) is 0 Å². The Bertz CT molecular complexity index is 379. The van der Waals surface area contributed by atoms with Crippen LogP contribution in [-0.2, 0) is 0 Å². The number of halogens is 1. The first kappa shape index (κ1) is 11.9. The Hall–Kier alpha value is -0.620. The molecule has 1 saturated carbocycles. The lowest BCUT2D eigenvalue weighted by Crippen LogP contribution is -2.56. The molecule has 0 aromatic heterocycles. The molecule has 1 fully saturated rings. The molecule has 0 spiro atoms. The van der Waals surface area contributed by atoms with Crippen LogP contribution in [0.1, 0.15) is 29.6 Å². The van der Waals surface area contributed by atoms with Gasteiger partial charge in [0.1, 0.15) is 0 Å². The number of rotatable bonds is 3. The predicted molar refractivity (Wildman–Crippen MR) is 70.3 cm³/mol. The Morgan fingerprint density at radius 2 is 2.00 bits per heavy atom. The molecule has 1 amide bonds. The molecule has 0 radical (unpaired) electrons. The number of carbonyl (C=O) groups is 1. The summed E-state index contributed by atoms with van der Waals surface area (Å²) in [5, 5.41) is 12.2. The van der Waals surface area contributed by atoms with E-state index < -0.39 is 0 Å². The number of hydrogen-bond donors (Lipinski definition) is 2.